The van der Waals surface area contributed by atoms with Crippen molar-refractivity contribution in [3.8, 4) is 22.4 Å². The molecular formula is C18H15FN4O2S. The fourth-order valence-corrected chi connectivity index (χ4v) is 4.65. The Hall–Kier alpha value is -2.87. The zero-order valence-corrected chi connectivity index (χ0v) is 14.4. The molecule has 0 spiro atoms. The molecule has 0 radical (unpaired) electrons. The Morgan fingerprint density at radius 1 is 1.00 bits per heavy atom. The van der Waals surface area contributed by atoms with Gasteiger partial charge in [-0.15, -0.1) is 0 Å². The first-order chi connectivity index (χ1) is 12.5. The zero-order chi connectivity index (χ0) is 18.3. The summed E-state index contributed by atoms with van der Waals surface area (Å²) in [6, 6.07) is 7.89. The van der Waals surface area contributed by atoms with Gasteiger partial charge in [-0.05, 0) is 25.0 Å². The Morgan fingerprint density at radius 2 is 1.65 bits per heavy atom. The van der Waals surface area contributed by atoms with Gasteiger partial charge in [-0.25, -0.2) is 22.8 Å². The smallest absolute Gasteiger partial charge is 0.219 e. The summed E-state index contributed by atoms with van der Waals surface area (Å²) in [5.74, 6) is -0.500. The van der Waals surface area contributed by atoms with E-state index < -0.39 is 15.7 Å². The van der Waals surface area contributed by atoms with E-state index in [0.717, 1.165) is 0 Å². The SMILES string of the molecule is Nc1ncc(-c2ncc(-c3ccccc3S(=O)(=O)C3CC3)cc2F)cn1. The third kappa shape index (κ3) is 2.92. The number of rotatable bonds is 4. The van der Waals surface area contributed by atoms with Crippen molar-refractivity contribution >= 4 is 15.8 Å². The van der Waals surface area contributed by atoms with Gasteiger partial charge in [0.1, 0.15) is 11.5 Å². The summed E-state index contributed by atoms with van der Waals surface area (Å²) in [6.45, 7) is 0. The number of hydrogen-bond acceptors (Lipinski definition) is 6. The molecule has 1 aromatic carbocycles. The van der Waals surface area contributed by atoms with Gasteiger partial charge in [-0.2, -0.15) is 0 Å². The van der Waals surface area contributed by atoms with E-state index in [4.69, 9.17) is 5.73 Å². The number of anilines is 1. The molecule has 0 unspecified atom stereocenters. The van der Waals surface area contributed by atoms with Crippen molar-refractivity contribution in [3.63, 3.8) is 0 Å². The predicted octanol–water partition coefficient (Wildman–Crippen LogP) is 2.86. The van der Waals surface area contributed by atoms with Gasteiger partial charge >= 0.3 is 0 Å². The van der Waals surface area contributed by atoms with Crippen LogP contribution in [0.1, 0.15) is 12.8 Å². The third-order valence-corrected chi connectivity index (χ3v) is 6.57. The van der Waals surface area contributed by atoms with Crippen molar-refractivity contribution in [2.45, 2.75) is 23.0 Å². The Morgan fingerprint density at radius 3 is 2.31 bits per heavy atom. The van der Waals surface area contributed by atoms with Crippen LogP contribution in [-0.4, -0.2) is 28.6 Å². The minimum atomic E-state index is -3.41. The lowest BCUT2D eigenvalue weighted by Gasteiger charge is -2.11. The second kappa shape index (κ2) is 6.14. The average Bonchev–Trinajstić information content (AvgIpc) is 3.48. The molecule has 0 aliphatic heterocycles. The van der Waals surface area contributed by atoms with Gasteiger partial charge in [-0.3, -0.25) is 4.98 Å². The average molecular weight is 370 g/mol. The number of aromatic nitrogens is 3. The van der Waals surface area contributed by atoms with Crippen LogP contribution in [0.15, 0.2) is 53.8 Å². The molecule has 4 rings (SSSR count). The van der Waals surface area contributed by atoms with Crippen molar-refractivity contribution in [2.24, 2.45) is 0 Å². The van der Waals surface area contributed by atoms with Gasteiger partial charge in [0.25, 0.3) is 0 Å². The molecule has 2 heterocycles. The van der Waals surface area contributed by atoms with Crippen LogP contribution in [0.3, 0.4) is 0 Å². The molecule has 0 saturated heterocycles. The van der Waals surface area contributed by atoms with E-state index >= 15 is 0 Å². The topological polar surface area (TPSA) is 98.8 Å². The number of sulfone groups is 1. The molecule has 1 aliphatic rings. The van der Waals surface area contributed by atoms with E-state index in [0.29, 0.717) is 29.5 Å². The molecule has 26 heavy (non-hydrogen) atoms. The van der Waals surface area contributed by atoms with Gasteiger partial charge in [0, 0.05) is 35.3 Å². The monoisotopic (exact) mass is 370 g/mol. The fourth-order valence-electron chi connectivity index (χ4n) is 2.77. The Labute approximate surface area is 149 Å². The molecule has 3 aromatic rings. The van der Waals surface area contributed by atoms with Gasteiger partial charge in [0.2, 0.25) is 5.95 Å². The molecule has 0 atom stereocenters. The maximum absolute atomic E-state index is 14.6. The molecular weight excluding hydrogens is 355 g/mol. The number of benzene rings is 1. The summed E-state index contributed by atoms with van der Waals surface area (Å²) in [7, 11) is -3.41. The number of nitrogen functional groups attached to an aromatic ring is 1. The molecule has 2 aromatic heterocycles. The summed E-state index contributed by atoms with van der Waals surface area (Å²) in [6.07, 6.45) is 5.56. The number of nitrogens with two attached hydrogens (primary N) is 1. The minimum Gasteiger partial charge on any atom is -0.368 e. The van der Waals surface area contributed by atoms with Crippen molar-refractivity contribution in [1.29, 1.82) is 0 Å². The maximum Gasteiger partial charge on any atom is 0.219 e. The summed E-state index contributed by atoms with van der Waals surface area (Å²) in [5, 5.41) is -0.340. The second-order valence-electron chi connectivity index (χ2n) is 6.12. The lowest BCUT2D eigenvalue weighted by molar-refractivity contribution is 0.595. The summed E-state index contributed by atoms with van der Waals surface area (Å²) < 4.78 is 39.9. The van der Waals surface area contributed by atoms with E-state index in [-0.39, 0.29) is 21.8 Å². The van der Waals surface area contributed by atoms with E-state index in [9.17, 15) is 12.8 Å². The number of halogens is 1. The normalized spacial score (nSPS) is 14.3. The van der Waals surface area contributed by atoms with Crippen LogP contribution in [-0.2, 0) is 9.84 Å². The van der Waals surface area contributed by atoms with E-state index in [1.807, 2.05) is 0 Å². The Kier molecular flexibility index (Phi) is 3.91. The first kappa shape index (κ1) is 16.6. The van der Waals surface area contributed by atoms with Gasteiger partial charge in [0.05, 0.1) is 10.1 Å². The third-order valence-electron chi connectivity index (χ3n) is 4.25. The van der Waals surface area contributed by atoms with Crippen molar-refractivity contribution in [1.82, 2.24) is 15.0 Å². The number of hydrogen-bond donors (Lipinski definition) is 1. The molecule has 2 N–H and O–H groups in total. The first-order valence-corrected chi connectivity index (χ1v) is 9.58. The van der Waals surface area contributed by atoms with Crippen LogP contribution in [0.25, 0.3) is 22.4 Å². The second-order valence-corrected chi connectivity index (χ2v) is 8.32. The van der Waals surface area contributed by atoms with Crippen LogP contribution < -0.4 is 5.73 Å². The Bertz CT molecular complexity index is 1080. The van der Waals surface area contributed by atoms with Crippen molar-refractivity contribution in [2.75, 3.05) is 5.73 Å². The fraction of sp³-hybridized carbons (Fsp3) is 0.167. The largest absolute Gasteiger partial charge is 0.368 e. The van der Waals surface area contributed by atoms with Gasteiger partial charge in [0.15, 0.2) is 9.84 Å². The molecule has 1 saturated carbocycles. The summed E-state index contributed by atoms with van der Waals surface area (Å²) in [5.41, 5.74) is 6.76. The van der Waals surface area contributed by atoms with E-state index in [2.05, 4.69) is 15.0 Å². The highest BCUT2D eigenvalue weighted by atomic mass is 32.2. The summed E-state index contributed by atoms with van der Waals surface area (Å²) >= 11 is 0. The highest BCUT2D eigenvalue weighted by Gasteiger charge is 2.38. The molecule has 0 bridgehead atoms. The summed E-state index contributed by atoms with van der Waals surface area (Å²) in [4.78, 5) is 12.0. The number of nitrogens with zero attached hydrogens (tertiary/aromatic N) is 3. The standard InChI is InChI=1S/C18H15FN4O2S/c19-15-7-11(8-21-17(15)12-9-22-18(20)23-10-12)14-3-1-2-4-16(14)26(24,25)13-5-6-13/h1-4,7-10,13H,5-6H2,(H2,20,22,23). The van der Waals surface area contributed by atoms with E-state index in [1.54, 1.807) is 24.3 Å². The van der Waals surface area contributed by atoms with Crippen molar-refractivity contribution in [3.05, 3.63) is 54.7 Å². The van der Waals surface area contributed by atoms with E-state index in [1.165, 1.54) is 24.7 Å². The molecule has 1 fully saturated rings. The van der Waals surface area contributed by atoms with Crippen LogP contribution in [0, 0.1) is 5.82 Å². The quantitative estimate of drug-likeness (QED) is 0.758. The lowest BCUT2D eigenvalue weighted by Crippen LogP contribution is -2.08. The minimum absolute atomic E-state index is 0.0799. The molecule has 8 heteroatoms. The molecule has 6 nitrogen and oxygen atoms in total. The highest BCUT2D eigenvalue weighted by Crippen LogP contribution is 2.38. The maximum atomic E-state index is 14.6. The lowest BCUT2D eigenvalue weighted by atomic mass is 10.1. The Balaban J connectivity index is 1.78. The predicted molar refractivity (Wildman–Crippen MR) is 95.3 cm³/mol. The van der Waals surface area contributed by atoms with Gasteiger partial charge < -0.3 is 5.73 Å². The molecule has 0 amide bonds. The van der Waals surface area contributed by atoms with Crippen LogP contribution in [0.2, 0.25) is 0 Å². The zero-order valence-electron chi connectivity index (χ0n) is 13.6. The van der Waals surface area contributed by atoms with Crippen LogP contribution in [0.4, 0.5) is 10.3 Å². The van der Waals surface area contributed by atoms with Crippen LogP contribution in [0.5, 0.6) is 0 Å². The first-order valence-electron chi connectivity index (χ1n) is 8.03. The van der Waals surface area contributed by atoms with Gasteiger partial charge in [-0.1, -0.05) is 18.2 Å². The van der Waals surface area contributed by atoms with Crippen LogP contribution >= 0.6 is 0 Å². The number of pyridine rings is 1. The highest BCUT2D eigenvalue weighted by molar-refractivity contribution is 7.92. The molecule has 1 aliphatic carbocycles. The van der Waals surface area contributed by atoms with Crippen molar-refractivity contribution < 1.29 is 12.8 Å². The molecule has 132 valence electrons.